The van der Waals surface area contributed by atoms with Crippen molar-refractivity contribution in [1.29, 1.82) is 0 Å². The van der Waals surface area contributed by atoms with Crippen molar-refractivity contribution in [3.05, 3.63) is 22.4 Å². The van der Waals surface area contributed by atoms with Gasteiger partial charge in [-0.05, 0) is 11.4 Å². The first-order chi connectivity index (χ1) is 10.6. The van der Waals surface area contributed by atoms with Crippen LogP contribution in [0.5, 0.6) is 0 Å². The Morgan fingerprint density at radius 3 is 2.64 bits per heavy atom. The summed E-state index contributed by atoms with van der Waals surface area (Å²) in [6.07, 6.45) is 0.292. The number of hydrogen-bond acceptors (Lipinski definition) is 5. The van der Waals surface area contributed by atoms with Crippen molar-refractivity contribution >= 4 is 23.2 Å². The van der Waals surface area contributed by atoms with Crippen LogP contribution in [0.1, 0.15) is 24.3 Å². The molecule has 0 aromatic carbocycles. The summed E-state index contributed by atoms with van der Waals surface area (Å²) < 4.78 is 0. The Morgan fingerprint density at radius 1 is 1.36 bits per heavy atom. The SMILES string of the molecule is CC(=O)N[C@@H](CC(=O)N1CCN(CCO)CC1)c1cccs1. The first-order valence-corrected chi connectivity index (χ1v) is 8.39. The maximum atomic E-state index is 12.5. The fraction of sp³-hybridized carbons (Fsp3) is 0.600. The number of nitrogens with one attached hydrogen (secondary N) is 1. The molecule has 0 bridgehead atoms. The molecule has 0 spiro atoms. The van der Waals surface area contributed by atoms with Gasteiger partial charge in [-0.1, -0.05) is 6.07 Å². The molecule has 1 atom stereocenters. The number of carbonyl (C=O) groups is 2. The minimum absolute atomic E-state index is 0.0656. The van der Waals surface area contributed by atoms with E-state index in [1.54, 1.807) is 11.3 Å². The number of hydrogen-bond donors (Lipinski definition) is 2. The molecule has 1 aromatic heterocycles. The molecule has 7 heteroatoms. The molecule has 22 heavy (non-hydrogen) atoms. The van der Waals surface area contributed by atoms with Gasteiger partial charge >= 0.3 is 0 Å². The van der Waals surface area contributed by atoms with E-state index < -0.39 is 0 Å². The van der Waals surface area contributed by atoms with Crippen molar-refractivity contribution < 1.29 is 14.7 Å². The van der Waals surface area contributed by atoms with Gasteiger partial charge in [0.25, 0.3) is 0 Å². The smallest absolute Gasteiger partial charge is 0.225 e. The fourth-order valence-corrected chi connectivity index (χ4v) is 3.40. The molecule has 0 unspecified atom stereocenters. The van der Waals surface area contributed by atoms with E-state index in [1.807, 2.05) is 22.4 Å². The summed E-state index contributed by atoms with van der Waals surface area (Å²) in [5.41, 5.74) is 0. The second kappa shape index (κ2) is 8.26. The van der Waals surface area contributed by atoms with E-state index in [1.165, 1.54) is 6.92 Å². The van der Waals surface area contributed by atoms with Gasteiger partial charge in [-0.3, -0.25) is 14.5 Å². The molecule has 0 aliphatic carbocycles. The van der Waals surface area contributed by atoms with Crippen LogP contribution < -0.4 is 5.32 Å². The highest BCUT2D eigenvalue weighted by molar-refractivity contribution is 7.10. The molecule has 0 radical (unpaired) electrons. The molecular formula is C15H23N3O3S. The molecule has 0 saturated carbocycles. The van der Waals surface area contributed by atoms with Crippen LogP contribution in [0.4, 0.5) is 0 Å². The first-order valence-electron chi connectivity index (χ1n) is 7.51. The number of thiophene rings is 1. The zero-order chi connectivity index (χ0) is 15.9. The van der Waals surface area contributed by atoms with Gasteiger partial charge < -0.3 is 15.3 Å². The number of aliphatic hydroxyl groups excluding tert-OH is 1. The van der Waals surface area contributed by atoms with Gasteiger partial charge in [-0.15, -0.1) is 11.3 Å². The van der Waals surface area contributed by atoms with Gasteiger partial charge in [0.15, 0.2) is 0 Å². The highest BCUT2D eigenvalue weighted by Gasteiger charge is 2.24. The van der Waals surface area contributed by atoms with E-state index >= 15 is 0 Å². The molecule has 122 valence electrons. The molecule has 1 aromatic rings. The summed E-state index contributed by atoms with van der Waals surface area (Å²) in [5.74, 6) is -0.0604. The summed E-state index contributed by atoms with van der Waals surface area (Å²) in [4.78, 5) is 28.8. The third-order valence-corrected chi connectivity index (χ3v) is 4.77. The maximum absolute atomic E-state index is 12.5. The van der Waals surface area contributed by atoms with Crippen LogP contribution in [0.3, 0.4) is 0 Å². The van der Waals surface area contributed by atoms with E-state index in [-0.39, 0.29) is 24.5 Å². The number of piperazine rings is 1. The molecule has 6 nitrogen and oxygen atoms in total. The summed E-state index contributed by atoms with van der Waals surface area (Å²) in [5, 5.41) is 13.7. The monoisotopic (exact) mass is 325 g/mol. The quantitative estimate of drug-likeness (QED) is 0.797. The van der Waals surface area contributed by atoms with Crippen molar-refractivity contribution in [1.82, 2.24) is 15.1 Å². The standard InChI is InChI=1S/C15H23N3O3S/c1-12(20)16-13(14-3-2-10-22-14)11-15(21)18-6-4-17(5-7-18)8-9-19/h2-3,10,13,19H,4-9,11H2,1H3,(H,16,20)/t13-/m0/s1. The Bertz CT molecular complexity index is 484. The molecule has 2 rings (SSSR count). The largest absolute Gasteiger partial charge is 0.395 e. The van der Waals surface area contributed by atoms with Crippen molar-refractivity contribution in [2.45, 2.75) is 19.4 Å². The highest BCUT2D eigenvalue weighted by atomic mass is 32.1. The number of nitrogens with zero attached hydrogens (tertiary/aromatic N) is 2. The molecular weight excluding hydrogens is 302 g/mol. The minimum Gasteiger partial charge on any atom is -0.395 e. The maximum Gasteiger partial charge on any atom is 0.225 e. The average molecular weight is 325 g/mol. The lowest BCUT2D eigenvalue weighted by Gasteiger charge is -2.35. The summed E-state index contributed by atoms with van der Waals surface area (Å²) in [6.45, 7) is 5.21. The Hall–Kier alpha value is -1.44. The van der Waals surface area contributed by atoms with Crippen LogP contribution in [-0.4, -0.2) is 66.1 Å². The van der Waals surface area contributed by atoms with E-state index in [0.29, 0.717) is 26.1 Å². The third-order valence-electron chi connectivity index (χ3n) is 3.78. The average Bonchev–Trinajstić information content (AvgIpc) is 3.01. The van der Waals surface area contributed by atoms with Crippen molar-refractivity contribution in [3.63, 3.8) is 0 Å². The topological polar surface area (TPSA) is 72.9 Å². The second-order valence-corrected chi connectivity index (χ2v) is 6.40. The lowest BCUT2D eigenvalue weighted by Crippen LogP contribution is -2.49. The van der Waals surface area contributed by atoms with Gasteiger partial charge in [0.2, 0.25) is 11.8 Å². The summed E-state index contributed by atoms with van der Waals surface area (Å²) in [6, 6.07) is 3.62. The lowest BCUT2D eigenvalue weighted by atomic mass is 10.1. The van der Waals surface area contributed by atoms with Crippen LogP contribution >= 0.6 is 11.3 Å². The molecule has 2 N–H and O–H groups in total. The molecule has 2 heterocycles. The van der Waals surface area contributed by atoms with Gasteiger partial charge in [0, 0.05) is 44.5 Å². The molecule has 1 aliphatic heterocycles. The first kappa shape index (κ1) is 16.9. The number of amides is 2. The lowest BCUT2D eigenvalue weighted by molar-refractivity contribution is -0.133. The van der Waals surface area contributed by atoms with Crippen molar-refractivity contribution in [3.8, 4) is 0 Å². The van der Waals surface area contributed by atoms with Crippen LogP contribution in [0.15, 0.2) is 17.5 Å². The summed E-state index contributed by atoms with van der Waals surface area (Å²) >= 11 is 1.55. The normalized spacial score (nSPS) is 17.3. The fourth-order valence-electron chi connectivity index (χ4n) is 2.62. The van der Waals surface area contributed by atoms with E-state index in [2.05, 4.69) is 10.2 Å². The Balaban J connectivity index is 1.90. The third kappa shape index (κ3) is 4.79. The van der Waals surface area contributed by atoms with Crippen molar-refractivity contribution in [2.75, 3.05) is 39.3 Å². The number of aliphatic hydroxyl groups is 1. The zero-order valence-corrected chi connectivity index (χ0v) is 13.6. The number of carbonyl (C=O) groups excluding carboxylic acids is 2. The van der Waals surface area contributed by atoms with E-state index in [4.69, 9.17) is 5.11 Å². The van der Waals surface area contributed by atoms with E-state index in [9.17, 15) is 9.59 Å². The van der Waals surface area contributed by atoms with E-state index in [0.717, 1.165) is 18.0 Å². The van der Waals surface area contributed by atoms with Gasteiger partial charge in [-0.2, -0.15) is 0 Å². The predicted octanol–water partition coefficient (Wildman–Crippen LogP) is 0.452. The Kier molecular flexibility index (Phi) is 6.35. The minimum atomic E-state index is -0.250. The van der Waals surface area contributed by atoms with Crippen molar-refractivity contribution in [2.24, 2.45) is 0 Å². The molecule has 1 fully saturated rings. The van der Waals surface area contributed by atoms with Crippen LogP contribution in [0.25, 0.3) is 0 Å². The number of β-amino-alcohol motifs (C(OH)–C–C–N with tert-alkyl or cyclic N) is 1. The molecule has 2 amide bonds. The van der Waals surface area contributed by atoms with Gasteiger partial charge in [-0.25, -0.2) is 0 Å². The predicted molar refractivity (Wildman–Crippen MR) is 85.6 cm³/mol. The van der Waals surface area contributed by atoms with Gasteiger partial charge in [0.05, 0.1) is 19.1 Å². The highest BCUT2D eigenvalue weighted by Crippen LogP contribution is 2.23. The number of rotatable bonds is 6. The molecule has 1 aliphatic rings. The van der Waals surface area contributed by atoms with Crippen LogP contribution in [0, 0.1) is 0 Å². The second-order valence-electron chi connectivity index (χ2n) is 5.42. The van der Waals surface area contributed by atoms with Crippen LogP contribution in [0.2, 0.25) is 0 Å². The Labute approximate surface area is 134 Å². The summed E-state index contributed by atoms with van der Waals surface area (Å²) in [7, 11) is 0. The molecule has 1 saturated heterocycles. The Morgan fingerprint density at radius 2 is 2.09 bits per heavy atom. The van der Waals surface area contributed by atoms with Gasteiger partial charge in [0.1, 0.15) is 0 Å². The zero-order valence-electron chi connectivity index (χ0n) is 12.8. The van der Waals surface area contributed by atoms with Crippen LogP contribution in [-0.2, 0) is 9.59 Å².